The Hall–Kier alpha value is -0.330. The van der Waals surface area contributed by atoms with Gasteiger partial charge in [0, 0.05) is 30.2 Å². The van der Waals surface area contributed by atoms with Gasteiger partial charge in [-0.15, -0.1) is 0 Å². The fraction of sp³-hybridized carbons (Fsp3) is 0.538. The third-order valence-corrected chi connectivity index (χ3v) is 6.02. The highest BCUT2D eigenvalue weighted by molar-refractivity contribution is 7.89. The number of rotatable bonds is 7. The van der Waals surface area contributed by atoms with Crippen LogP contribution in [0.5, 0.6) is 0 Å². The zero-order valence-electron chi connectivity index (χ0n) is 11.9. The van der Waals surface area contributed by atoms with E-state index in [2.05, 4.69) is 5.32 Å². The first-order valence-corrected chi connectivity index (χ1v) is 8.77. The molecule has 1 aromatic carbocycles. The highest BCUT2D eigenvalue weighted by Crippen LogP contribution is 2.32. The predicted molar refractivity (Wildman–Crippen MR) is 83.9 cm³/mol. The molecule has 114 valence electrons. The van der Waals surface area contributed by atoms with Crippen molar-refractivity contribution < 1.29 is 8.42 Å². The lowest BCUT2D eigenvalue weighted by Crippen LogP contribution is -2.31. The van der Waals surface area contributed by atoms with E-state index in [4.69, 9.17) is 23.2 Å². The minimum Gasteiger partial charge on any atom is -0.313 e. The molecule has 7 heteroatoms. The minimum absolute atomic E-state index is 0.111. The largest absolute Gasteiger partial charge is 0.313 e. The van der Waals surface area contributed by atoms with Crippen molar-refractivity contribution in [2.24, 2.45) is 0 Å². The molecule has 1 aromatic rings. The summed E-state index contributed by atoms with van der Waals surface area (Å²) in [5, 5.41) is 3.77. The molecule has 4 nitrogen and oxygen atoms in total. The standard InChI is InChI=1S/C13H20Cl2N2O2S/c1-4-16-9-10-11(14)7-8-12(13(10)15)20(18,19)17(5-2)6-3/h7-8,16H,4-6,9H2,1-3H3. The van der Waals surface area contributed by atoms with E-state index in [1.165, 1.54) is 10.4 Å². The molecule has 0 unspecified atom stereocenters. The summed E-state index contributed by atoms with van der Waals surface area (Å²) in [4.78, 5) is 0.111. The molecule has 0 saturated carbocycles. The van der Waals surface area contributed by atoms with Gasteiger partial charge < -0.3 is 5.32 Å². The van der Waals surface area contributed by atoms with Crippen LogP contribution in [0.3, 0.4) is 0 Å². The Morgan fingerprint density at radius 1 is 1.15 bits per heavy atom. The van der Waals surface area contributed by atoms with E-state index in [1.54, 1.807) is 19.9 Å². The van der Waals surface area contributed by atoms with Gasteiger partial charge in [0.2, 0.25) is 10.0 Å². The van der Waals surface area contributed by atoms with Gasteiger partial charge in [-0.2, -0.15) is 4.31 Å². The first-order valence-electron chi connectivity index (χ1n) is 6.57. The van der Waals surface area contributed by atoms with Crippen LogP contribution >= 0.6 is 23.2 Å². The Morgan fingerprint density at radius 2 is 1.75 bits per heavy atom. The molecule has 0 amide bonds. The zero-order valence-corrected chi connectivity index (χ0v) is 14.2. The smallest absolute Gasteiger partial charge is 0.244 e. The lowest BCUT2D eigenvalue weighted by Gasteiger charge is -2.20. The number of nitrogens with zero attached hydrogens (tertiary/aromatic N) is 1. The molecule has 0 atom stereocenters. The topological polar surface area (TPSA) is 49.4 Å². The summed E-state index contributed by atoms with van der Waals surface area (Å²) in [5.41, 5.74) is 0.614. The molecule has 0 fully saturated rings. The van der Waals surface area contributed by atoms with Crippen LogP contribution < -0.4 is 5.32 Å². The Bertz CT molecular complexity index is 558. The van der Waals surface area contributed by atoms with Gasteiger partial charge in [-0.1, -0.05) is 44.0 Å². The quantitative estimate of drug-likeness (QED) is 0.830. The van der Waals surface area contributed by atoms with Crippen molar-refractivity contribution in [2.45, 2.75) is 32.2 Å². The average Bonchev–Trinajstić information content (AvgIpc) is 2.39. The Kier molecular flexibility index (Phi) is 6.75. The highest BCUT2D eigenvalue weighted by Gasteiger charge is 2.26. The number of sulfonamides is 1. The molecule has 0 bridgehead atoms. The second-order valence-corrected chi connectivity index (χ2v) is 6.90. The number of nitrogens with one attached hydrogen (secondary N) is 1. The van der Waals surface area contributed by atoms with Crippen molar-refractivity contribution in [1.29, 1.82) is 0 Å². The van der Waals surface area contributed by atoms with Crippen molar-refractivity contribution in [2.75, 3.05) is 19.6 Å². The van der Waals surface area contributed by atoms with Crippen molar-refractivity contribution in [3.05, 3.63) is 27.7 Å². The van der Waals surface area contributed by atoms with Crippen LogP contribution in [-0.2, 0) is 16.6 Å². The number of hydrogen-bond donors (Lipinski definition) is 1. The molecular weight excluding hydrogens is 319 g/mol. The lowest BCUT2D eigenvalue weighted by atomic mass is 10.2. The van der Waals surface area contributed by atoms with Crippen LogP contribution in [0, 0.1) is 0 Å². The summed E-state index contributed by atoms with van der Waals surface area (Å²) in [6.07, 6.45) is 0. The van der Waals surface area contributed by atoms with Gasteiger partial charge in [-0.05, 0) is 18.7 Å². The maximum absolute atomic E-state index is 12.5. The van der Waals surface area contributed by atoms with Gasteiger partial charge in [0.15, 0.2) is 0 Å². The van der Waals surface area contributed by atoms with Crippen molar-refractivity contribution >= 4 is 33.2 Å². The van der Waals surface area contributed by atoms with E-state index in [9.17, 15) is 8.42 Å². The molecule has 0 aliphatic carbocycles. The maximum atomic E-state index is 12.5. The highest BCUT2D eigenvalue weighted by atomic mass is 35.5. The summed E-state index contributed by atoms with van der Waals surface area (Å²) < 4.78 is 26.4. The molecule has 0 aliphatic rings. The van der Waals surface area contributed by atoms with Gasteiger partial charge in [0.1, 0.15) is 4.90 Å². The summed E-state index contributed by atoms with van der Waals surface area (Å²) in [6.45, 7) is 7.54. The first-order chi connectivity index (χ1) is 9.39. The van der Waals surface area contributed by atoms with Crippen LogP contribution in [0.15, 0.2) is 17.0 Å². The number of halogens is 2. The zero-order chi connectivity index (χ0) is 15.3. The third-order valence-electron chi connectivity index (χ3n) is 3.03. The van der Waals surface area contributed by atoms with Gasteiger partial charge in [-0.3, -0.25) is 0 Å². The molecule has 0 heterocycles. The van der Waals surface area contributed by atoms with Crippen molar-refractivity contribution in [3.63, 3.8) is 0 Å². The van der Waals surface area contributed by atoms with Gasteiger partial charge in [0.25, 0.3) is 0 Å². The molecule has 1 N–H and O–H groups in total. The molecule has 0 radical (unpaired) electrons. The molecule has 0 aliphatic heterocycles. The van der Waals surface area contributed by atoms with Crippen molar-refractivity contribution in [3.8, 4) is 0 Å². The summed E-state index contributed by atoms with van der Waals surface area (Å²) in [5.74, 6) is 0. The minimum atomic E-state index is -3.58. The Balaban J connectivity index is 3.33. The molecule has 0 spiro atoms. The SMILES string of the molecule is CCNCc1c(Cl)ccc(S(=O)(=O)N(CC)CC)c1Cl. The first kappa shape index (κ1) is 17.7. The molecular formula is C13H20Cl2N2O2S. The summed E-state index contributed by atoms with van der Waals surface area (Å²) in [7, 11) is -3.58. The fourth-order valence-corrected chi connectivity index (χ4v) is 4.23. The predicted octanol–water partition coefficient (Wildman–Crippen LogP) is 3.13. The Morgan fingerprint density at radius 3 is 2.25 bits per heavy atom. The van der Waals surface area contributed by atoms with E-state index in [0.717, 1.165) is 6.54 Å². The maximum Gasteiger partial charge on any atom is 0.244 e. The van der Waals surface area contributed by atoms with E-state index in [0.29, 0.717) is 30.2 Å². The molecule has 0 aromatic heterocycles. The van der Waals surface area contributed by atoms with Gasteiger partial charge in [0.05, 0.1) is 5.02 Å². The van der Waals surface area contributed by atoms with Crippen molar-refractivity contribution in [1.82, 2.24) is 9.62 Å². The van der Waals surface area contributed by atoms with E-state index < -0.39 is 10.0 Å². The van der Waals surface area contributed by atoms with Crippen LogP contribution in [0.1, 0.15) is 26.3 Å². The Labute approximate surface area is 131 Å². The van der Waals surface area contributed by atoms with E-state index in [1.807, 2.05) is 6.92 Å². The summed E-state index contributed by atoms with van der Waals surface area (Å²) >= 11 is 12.4. The normalized spacial score (nSPS) is 12.1. The number of hydrogen-bond acceptors (Lipinski definition) is 3. The lowest BCUT2D eigenvalue weighted by molar-refractivity contribution is 0.445. The second kappa shape index (κ2) is 7.61. The molecule has 0 saturated heterocycles. The third kappa shape index (κ3) is 3.65. The molecule has 20 heavy (non-hydrogen) atoms. The fourth-order valence-electron chi connectivity index (χ4n) is 1.89. The van der Waals surface area contributed by atoms with Gasteiger partial charge >= 0.3 is 0 Å². The monoisotopic (exact) mass is 338 g/mol. The van der Waals surface area contributed by atoms with E-state index >= 15 is 0 Å². The van der Waals surface area contributed by atoms with E-state index in [-0.39, 0.29) is 9.92 Å². The average molecular weight is 339 g/mol. The van der Waals surface area contributed by atoms with Crippen LogP contribution in [0.4, 0.5) is 0 Å². The van der Waals surface area contributed by atoms with Crippen LogP contribution in [0.25, 0.3) is 0 Å². The van der Waals surface area contributed by atoms with Crippen LogP contribution in [-0.4, -0.2) is 32.4 Å². The number of benzene rings is 1. The summed E-state index contributed by atoms with van der Waals surface area (Å²) in [6, 6.07) is 3.05. The molecule has 1 rings (SSSR count). The van der Waals surface area contributed by atoms with Crippen LogP contribution in [0.2, 0.25) is 10.0 Å². The van der Waals surface area contributed by atoms with Gasteiger partial charge in [-0.25, -0.2) is 8.42 Å². The second-order valence-electron chi connectivity index (χ2n) is 4.21.